The molecule has 1 amide bonds. The molecule has 1 heterocycles. The van der Waals surface area contributed by atoms with Crippen molar-refractivity contribution in [3.05, 3.63) is 71.6 Å². The van der Waals surface area contributed by atoms with Gasteiger partial charge in [0.1, 0.15) is 11.5 Å². The number of methoxy groups -OCH3 is 2. The molecule has 0 saturated heterocycles. The zero-order valence-electron chi connectivity index (χ0n) is 19.9. The van der Waals surface area contributed by atoms with Gasteiger partial charge in [-0.05, 0) is 90.6 Å². The van der Waals surface area contributed by atoms with Crippen molar-refractivity contribution >= 4 is 22.8 Å². The summed E-state index contributed by atoms with van der Waals surface area (Å²) in [7, 11) is 3.35. The van der Waals surface area contributed by atoms with Crippen molar-refractivity contribution < 1.29 is 14.3 Å². The minimum absolute atomic E-state index is 0.0810. The third-order valence-electron chi connectivity index (χ3n) is 5.78. The van der Waals surface area contributed by atoms with E-state index in [-0.39, 0.29) is 5.91 Å². The molecule has 3 rings (SSSR count). The first-order valence-electron chi connectivity index (χ1n) is 11.7. The van der Waals surface area contributed by atoms with Crippen LogP contribution in [0.15, 0.2) is 54.9 Å². The minimum Gasteiger partial charge on any atom is -0.497 e. The van der Waals surface area contributed by atoms with Crippen LogP contribution in [0.3, 0.4) is 0 Å². The third kappa shape index (κ3) is 6.82. The van der Waals surface area contributed by atoms with E-state index in [2.05, 4.69) is 29.4 Å². The van der Waals surface area contributed by atoms with E-state index < -0.39 is 0 Å². The number of pyridine rings is 1. The summed E-state index contributed by atoms with van der Waals surface area (Å²) in [5, 5.41) is 5.16. The van der Waals surface area contributed by atoms with Crippen molar-refractivity contribution in [3.8, 4) is 11.5 Å². The van der Waals surface area contributed by atoms with Crippen LogP contribution in [0.5, 0.6) is 11.5 Å². The minimum atomic E-state index is -0.0810. The second kappa shape index (κ2) is 12.6. The number of carbonyl (C=O) groups excluding carboxylic acids is 1. The predicted molar refractivity (Wildman–Crippen MR) is 135 cm³/mol. The van der Waals surface area contributed by atoms with Crippen molar-refractivity contribution in [1.29, 1.82) is 0 Å². The van der Waals surface area contributed by atoms with Gasteiger partial charge in [0.2, 0.25) is 5.91 Å². The molecule has 5 heteroatoms. The molecular weight excluding hydrogens is 412 g/mol. The van der Waals surface area contributed by atoms with Crippen LogP contribution >= 0.6 is 0 Å². The van der Waals surface area contributed by atoms with Gasteiger partial charge < -0.3 is 14.8 Å². The van der Waals surface area contributed by atoms with Gasteiger partial charge in [0.25, 0.3) is 0 Å². The average molecular weight is 447 g/mol. The Balaban J connectivity index is 1.69. The highest BCUT2D eigenvalue weighted by molar-refractivity contribution is 5.97. The Morgan fingerprint density at radius 3 is 2.64 bits per heavy atom. The number of hydrogen-bond acceptors (Lipinski definition) is 4. The molecule has 2 aromatic carbocycles. The fourth-order valence-corrected chi connectivity index (χ4v) is 3.96. The van der Waals surface area contributed by atoms with E-state index >= 15 is 0 Å². The Morgan fingerprint density at radius 2 is 1.91 bits per heavy atom. The van der Waals surface area contributed by atoms with Gasteiger partial charge in [-0.3, -0.25) is 9.78 Å². The van der Waals surface area contributed by atoms with Crippen LogP contribution in [0.2, 0.25) is 0 Å². The predicted octanol–water partition coefficient (Wildman–Crippen LogP) is 5.75. The van der Waals surface area contributed by atoms with E-state index in [1.165, 1.54) is 11.1 Å². The number of fused-ring (bicyclic) bond motifs is 1. The molecule has 1 aromatic heterocycles. The second-order valence-corrected chi connectivity index (χ2v) is 8.10. The number of nitrogens with zero attached hydrogens (tertiary/aromatic N) is 1. The zero-order valence-corrected chi connectivity index (χ0v) is 19.9. The van der Waals surface area contributed by atoms with E-state index in [4.69, 9.17) is 9.47 Å². The van der Waals surface area contributed by atoms with Crippen LogP contribution in [0, 0.1) is 0 Å². The summed E-state index contributed by atoms with van der Waals surface area (Å²) in [5.41, 5.74) is 3.45. The summed E-state index contributed by atoms with van der Waals surface area (Å²) in [4.78, 5) is 16.6. The Hall–Kier alpha value is -3.34. The van der Waals surface area contributed by atoms with Crippen LogP contribution in [-0.4, -0.2) is 31.7 Å². The van der Waals surface area contributed by atoms with Gasteiger partial charge in [-0.25, -0.2) is 0 Å². The highest BCUT2D eigenvalue weighted by Crippen LogP contribution is 2.35. The zero-order chi connectivity index (χ0) is 23.5. The number of hydrogen-bond donors (Lipinski definition) is 1. The number of ether oxygens (including phenoxy) is 2. The number of unbranched alkanes of at least 4 members (excludes halogenated alkanes) is 2. The largest absolute Gasteiger partial charge is 0.497 e. The van der Waals surface area contributed by atoms with Gasteiger partial charge in [-0.1, -0.05) is 19.4 Å². The van der Waals surface area contributed by atoms with Gasteiger partial charge in [-0.2, -0.15) is 0 Å². The van der Waals surface area contributed by atoms with Crippen LogP contribution in [-0.2, 0) is 17.6 Å². The first-order chi connectivity index (χ1) is 16.2. The maximum atomic E-state index is 12.4. The molecule has 3 aromatic rings. The van der Waals surface area contributed by atoms with Crippen LogP contribution in [0.4, 0.5) is 0 Å². The SMILES string of the molecule is CCCCc1c(/C=C/C(=O)NCCCCc2cccnc2)cc(OC)c2ccc(OC)cc12. The van der Waals surface area contributed by atoms with E-state index in [1.54, 1.807) is 26.5 Å². The summed E-state index contributed by atoms with van der Waals surface area (Å²) in [5.74, 6) is 1.53. The maximum Gasteiger partial charge on any atom is 0.243 e. The summed E-state index contributed by atoms with van der Waals surface area (Å²) in [6.07, 6.45) is 13.2. The summed E-state index contributed by atoms with van der Waals surface area (Å²) >= 11 is 0. The monoisotopic (exact) mass is 446 g/mol. The fraction of sp³-hybridized carbons (Fsp3) is 0.357. The van der Waals surface area contributed by atoms with E-state index in [0.29, 0.717) is 6.54 Å². The van der Waals surface area contributed by atoms with Crippen molar-refractivity contribution in [2.45, 2.75) is 45.4 Å². The molecule has 0 aliphatic carbocycles. The quantitative estimate of drug-likeness (QED) is 0.284. The molecule has 0 aliphatic heterocycles. The van der Waals surface area contributed by atoms with E-state index in [1.807, 2.05) is 36.5 Å². The lowest BCUT2D eigenvalue weighted by molar-refractivity contribution is -0.116. The lowest BCUT2D eigenvalue weighted by Crippen LogP contribution is -2.22. The lowest BCUT2D eigenvalue weighted by Gasteiger charge is -2.15. The topological polar surface area (TPSA) is 60.5 Å². The molecule has 0 saturated carbocycles. The van der Waals surface area contributed by atoms with Crippen molar-refractivity contribution in [2.75, 3.05) is 20.8 Å². The number of rotatable bonds is 12. The molecular formula is C28H34N2O3. The van der Waals surface area contributed by atoms with Crippen LogP contribution in [0.25, 0.3) is 16.8 Å². The summed E-state index contributed by atoms with van der Waals surface area (Å²) in [6.45, 7) is 2.84. The number of nitrogens with one attached hydrogen (secondary N) is 1. The lowest BCUT2D eigenvalue weighted by atomic mass is 9.93. The van der Waals surface area contributed by atoms with Gasteiger partial charge in [-0.15, -0.1) is 0 Å². The maximum absolute atomic E-state index is 12.4. The Labute approximate surface area is 196 Å². The third-order valence-corrected chi connectivity index (χ3v) is 5.78. The number of amides is 1. The van der Waals surface area contributed by atoms with Crippen LogP contribution in [0.1, 0.15) is 49.3 Å². The molecule has 0 fully saturated rings. The molecule has 0 unspecified atom stereocenters. The molecule has 0 radical (unpaired) electrons. The number of aromatic nitrogens is 1. The van der Waals surface area contributed by atoms with Crippen molar-refractivity contribution in [3.63, 3.8) is 0 Å². The highest BCUT2D eigenvalue weighted by atomic mass is 16.5. The number of benzene rings is 2. The van der Waals surface area contributed by atoms with Gasteiger partial charge in [0.15, 0.2) is 0 Å². The molecule has 5 nitrogen and oxygen atoms in total. The van der Waals surface area contributed by atoms with Gasteiger partial charge >= 0.3 is 0 Å². The van der Waals surface area contributed by atoms with Crippen LogP contribution < -0.4 is 14.8 Å². The Kier molecular flexibility index (Phi) is 9.31. The van der Waals surface area contributed by atoms with Crippen molar-refractivity contribution in [2.24, 2.45) is 0 Å². The van der Waals surface area contributed by atoms with E-state index in [9.17, 15) is 4.79 Å². The first kappa shape index (κ1) is 24.3. The Bertz CT molecular complexity index is 1080. The summed E-state index contributed by atoms with van der Waals surface area (Å²) in [6, 6.07) is 12.1. The molecule has 0 aliphatic rings. The summed E-state index contributed by atoms with van der Waals surface area (Å²) < 4.78 is 11.1. The molecule has 174 valence electrons. The molecule has 0 bridgehead atoms. The highest BCUT2D eigenvalue weighted by Gasteiger charge is 2.12. The second-order valence-electron chi connectivity index (χ2n) is 8.10. The van der Waals surface area contributed by atoms with E-state index in [0.717, 1.165) is 66.4 Å². The smallest absolute Gasteiger partial charge is 0.243 e. The van der Waals surface area contributed by atoms with Crippen molar-refractivity contribution in [1.82, 2.24) is 10.3 Å². The molecule has 33 heavy (non-hydrogen) atoms. The fourth-order valence-electron chi connectivity index (χ4n) is 3.96. The molecule has 1 N–H and O–H groups in total. The molecule has 0 spiro atoms. The standard InChI is InChI=1S/C28H34N2O3/c1-4-5-11-24-22(18-27(33-3)25-14-13-23(32-2)19-26(24)25)12-15-28(31)30-17-7-6-9-21-10-8-16-29-20-21/h8,10,12-16,18-20H,4-7,9,11,17H2,1-3H3,(H,30,31)/b15-12+. The number of aryl methyl sites for hydroxylation is 2. The first-order valence-corrected chi connectivity index (χ1v) is 11.7. The Morgan fingerprint density at radius 1 is 1.03 bits per heavy atom. The van der Waals surface area contributed by atoms with Gasteiger partial charge in [0, 0.05) is 30.4 Å². The average Bonchev–Trinajstić information content (AvgIpc) is 2.86. The number of carbonyl (C=O) groups is 1. The molecule has 0 atom stereocenters. The normalized spacial score (nSPS) is 11.1. The van der Waals surface area contributed by atoms with Gasteiger partial charge in [0.05, 0.1) is 14.2 Å².